The number of hydrogen-bond donors (Lipinski definition) is 0. The standard InChI is InChI=1S/C6H5ClF2N2O2S/c1-2-14(12,13)3-4(8)10-6(7)11-5(3)9/h2H2,1H3. The highest BCUT2D eigenvalue weighted by molar-refractivity contribution is 7.91. The molecule has 1 aromatic rings. The molecule has 0 atom stereocenters. The fourth-order valence-corrected chi connectivity index (χ4v) is 1.82. The first-order valence-corrected chi connectivity index (χ1v) is 5.52. The number of halogens is 3. The van der Waals surface area contributed by atoms with Gasteiger partial charge in [-0.25, -0.2) is 8.42 Å². The lowest BCUT2D eigenvalue weighted by Crippen LogP contribution is -2.12. The molecule has 8 heteroatoms. The van der Waals surface area contributed by atoms with Crippen LogP contribution in [0.25, 0.3) is 0 Å². The summed E-state index contributed by atoms with van der Waals surface area (Å²) in [6.45, 7) is 1.25. The van der Waals surface area contributed by atoms with E-state index in [2.05, 4.69) is 9.97 Å². The average Bonchev–Trinajstić information content (AvgIpc) is 2.01. The summed E-state index contributed by atoms with van der Waals surface area (Å²) in [4.78, 5) is 4.70. The molecule has 0 saturated heterocycles. The molecule has 0 amide bonds. The predicted molar refractivity (Wildman–Crippen MR) is 44.7 cm³/mol. The first kappa shape index (κ1) is 11.3. The van der Waals surface area contributed by atoms with Crippen LogP contribution < -0.4 is 0 Å². The maximum absolute atomic E-state index is 12.9. The zero-order valence-corrected chi connectivity index (χ0v) is 8.53. The monoisotopic (exact) mass is 242 g/mol. The molecular weight excluding hydrogens is 238 g/mol. The first-order chi connectivity index (χ1) is 6.38. The first-order valence-electron chi connectivity index (χ1n) is 3.49. The van der Waals surface area contributed by atoms with Crippen molar-refractivity contribution in [2.75, 3.05) is 5.75 Å². The van der Waals surface area contributed by atoms with E-state index < -0.39 is 37.7 Å². The fourth-order valence-electron chi connectivity index (χ4n) is 0.775. The van der Waals surface area contributed by atoms with Gasteiger partial charge in [0.1, 0.15) is 0 Å². The van der Waals surface area contributed by atoms with Gasteiger partial charge in [0.25, 0.3) is 0 Å². The predicted octanol–water partition coefficient (Wildman–Crippen LogP) is 1.20. The molecule has 0 unspecified atom stereocenters. The molecule has 0 aliphatic heterocycles. The molecule has 0 saturated carbocycles. The number of nitrogens with zero attached hydrogens (tertiary/aromatic N) is 2. The van der Waals surface area contributed by atoms with Gasteiger partial charge in [-0.3, -0.25) is 0 Å². The van der Waals surface area contributed by atoms with Gasteiger partial charge in [-0.05, 0) is 11.6 Å². The molecule has 0 fully saturated rings. The zero-order valence-electron chi connectivity index (χ0n) is 6.96. The van der Waals surface area contributed by atoms with E-state index in [0.29, 0.717) is 0 Å². The topological polar surface area (TPSA) is 59.9 Å². The van der Waals surface area contributed by atoms with Crippen molar-refractivity contribution in [3.63, 3.8) is 0 Å². The second-order valence-corrected chi connectivity index (χ2v) is 4.86. The highest BCUT2D eigenvalue weighted by Gasteiger charge is 2.25. The van der Waals surface area contributed by atoms with Gasteiger partial charge in [0.05, 0.1) is 5.75 Å². The van der Waals surface area contributed by atoms with Gasteiger partial charge in [-0.2, -0.15) is 18.7 Å². The van der Waals surface area contributed by atoms with Crippen molar-refractivity contribution in [3.8, 4) is 0 Å². The van der Waals surface area contributed by atoms with E-state index in [4.69, 9.17) is 11.6 Å². The number of hydrogen-bond acceptors (Lipinski definition) is 4. The third kappa shape index (κ3) is 1.98. The zero-order chi connectivity index (χ0) is 10.9. The fraction of sp³-hybridized carbons (Fsp3) is 0.333. The Kier molecular flexibility index (Phi) is 3.01. The van der Waals surface area contributed by atoms with Crippen LogP contribution in [0.15, 0.2) is 4.90 Å². The van der Waals surface area contributed by atoms with Crippen LogP contribution >= 0.6 is 11.6 Å². The SMILES string of the molecule is CCS(=O)(=O)c1c(F)nc(Cl)nc1F. The molecule has 4 nitrogen and oxygen atoms in total. The Bertz CT molecular complexity index is 440. The second kappa shape index (κ2) is 3.74. The number of aromatic nitrogens is 2. The summed E-state index contributed by atoms with van der Waals surface area (Å²) in [7, 11) is -4.01. The van der Waals surface area contributed by atoms with Gasteiger partial charge in [0.15, 0.2) is 14.7 Å². The smallest absolute Gasteiger partial charge is 0.223 e. The van der Waals surface area contributed by atoms with E-state index in [1.165, 1.54) is 6.92 Å². The van der Waals surface area contributed by atoms with E-state index in [1.807, 2.05) is 0 Å². The average molecular weight is 243 g/mol. The molecule has 1 heterocycles. The van der Waals surface area contributed by atoms with Gasteiger partial charge < -0.3 is 0 Å². The Morgan fingerprint density at radius 3 is 2.07 bits per heavy atom. The summed E-state index contributed by atoms with van der Waals surface area (Å²) >= 11 is 5.12. The highest BCUT2D eigenvalue weighted by atomic mass is 35.5. The minimum atomic E-state index is -4.01. The second-order valence-electron chi connectivity index (χ2n) is 2.31. The van der Waals surface area contributed by atoms with Crippen LogP contribution in [0.5, 0.6) is 0 Å². The van der Waals surface area contributed by atoms with Crippen molar-refractivity contribution in [2.24, 2.45) is 0 Å². The minimum absolute atomic E-state index is 0.439. The van der Waals surface area contributed by atoms with Crippen molar-refractivity contribution in [2.45, 2.75) is 11.8 Å². The van der Waals surface area contributed by atoms with E-state index in [9.17, 15) is 17.2 Å². The lowest BCUT2D eigenvalue weighted by atomic mass is 10.6. The van der Waals surface area contributed by atoms with Crippen LogP contribution in [-0.2, 0) is 9.84 Å². The molecule has 1 aromatic heterocycles. The molecule has 0 bridgehead atoms. The van der Waals surface area contributed by atoms with Crippen LogP contribution in [0, 0.1) is 11.9 Å². The van der Waals surface area contributed by atoms with Gasteiger partial charge >= 0.3 is 0 Å². The molecule has 0 aliphatic carbocycles. The third-order valence-electron chi connectivity index (χ3n) is 1.45. The lowest BCUT2D eigenvalue weighted by molar-refractivity contribution is 0.469. The summed E-state index contributed by atoms with van der Waals surface area (Å²) in [6, 6.07) is 0. The van der Waals surface area contributed by atoms with Gasteiger partial charge in [0, 0.05) is 0 Å². The summed E-state index contributed by atoms with van der Waals surface area (Å²) < 4.78 is 48.2. The maximum atomic E-state index is 12.9. The van der Waals surface area contributed by atoms with Crippen LogP contribution in [0.2, 0.25) is 5.28 Å². The van der Waals surface area contributed by atoms with Crippen LogP contribution in [0.1, 0.15) is 6.92 Å². The quantitative estimate of drug-likeness (QED) is 0.578. The number of sulfone groups is 1. The molecule has 0 aliphatic rings. The highest BCUT2D eigenvalue weighted by Crippen LogP contribution is 2.18. The molecule has 0 N–H and O–H groups in total. The van der Waals surface area contributed by atoms with Crippen LogP contribution in [0.3, 0.4) is 0 Å². The molecule has 0 radical (unpaired) electrons. The van der Waals surface area contributed by atoms with Crippen molar-refractivity contribution in [3.05, 3.63) is 17.2 Å². The van der Waals surface area contributed by atoms with Crippen molar-refractivity contribution in [1.29, 1.82) is 0 Å². The lowest BCUT2D eigenvalue weighted by Gasteiger charge is -2.02. The van der Waals surface area contributed by atoms with Crippen LogP contribution in [-0.4, -0.2) is 24.1 Å². The molecule has 1 rings (SSSR count). The molecule has 0 aromatic carbocycles. The van der Waals surface area contributed by atoms with Crippen molar-refractivity contribution >= 4 is 21.4 Å². The van der Waals surface area contributed by atoms with Crippen molar-refractivity contribution < 1.29 is 17.2 Å². The van der Waals surface area contributed by atoms with E-state index in [-0.39, 0.29) is 0 Å². The number of rotatable bonds is 2. The largest absolute Gasteiger partial charge is 0.239 e. The Hall–Kier alpha value is -0.820. The van der Waals surface area contributed by atoms with Gasteiger partial charge in [-0.1, -0.05) is 6.92 Å². The van der Waals surface area contributed by atoms with E-state index in [0.717, 1.165) is 0 Å². The summed E-state index contributed by atoms with van der Waals surface area (Å²) in [5.74, 6) is -3.38. The molecule has 78 valence electrons. The van der Waals surface area contributed by atoms with E-state index in [1.54, 1.807) is 0 Å². The summed E-state index contributed by atoms with van der Waals surface area (Å²) in [5.41, 5.74) is 0. The Labute approximate surface area is 83.9 Å². The van der Waals surface area contributed by atoms with Crippen LogP contribution in [0.4, 0.5) is 8.78 Å². The summed E-state index contributed by atoms with van der Waals surface area (Å²) in [6.07, 6.45) is 0. The maximum Gasteiger partial charge on any atom is 0.239 e. The molecule has 14 heavy (non-hydrogen) atoms. The Balaban J connectivity index is 3.51. The van der Waals surface area contributed by atoms with Gasteiger partial charge in [0.2, 0.25) is 17.2 Å². The normalized spacial score (nSPS) is 11.7. The Morgan fingerprint density at radius 1 is 1.29 bits per heavy atom. The Morgan fingerprint density at radius 2 is 1.71 bits per heavy atom. The summed E-state index contributed by atoms with van der Waals surface area (Å²) in [5, 5.41) is -0.671. The molecule has 0 spiro atoms. The van der Waals surface area contributed by atoms with Gasteiger partial charge in [-0.15, -0.1) is 0 Å². The van der Waals surface area contributed by atoms with E-state index >= 15 is 0 Å². The third-order valence-corrected chi connectivity index (χ3v) is 3.33. The molecular formula is C6H5ClF2N2O2S. The minimum Gasteiger partial charge on any atom is -0.223 e. The van der Waals surface area contributed by atoms with Crippen molar-refractivity contribution in [1.82, 2.24) is 9.97 Å².